The number of aromatic nitrogens is 1. The molecule has 1 saturated heterocycles. The zero-order valence-electron chi connectivity index (χ0n) is 8.50. The van der Waals surface area contributed by atoms with Gasteiger partial charge in [-0.15, -0.1) is 0 Å². The number of halogens is 2. The van der Waals surface area contributed by atoms with Crippen LogP contribution in [0.3, 0.4) is 0 Å². The van der Waals surface area contributed by atoms with E-state index in [1.165, 1.54) is 0 Å². The first kappa shape index (κ1) is 11.2. The number of hydrogen-bond donors (Lipinski definition) is 1. The molecule has 0 atom stereocenters. The van der Waals surface area contributed by atoms with Crippen molar-refractivity contribution >= 4 is 33.3 Å². The minimum Gasteiger partial charge on any atom is -0.350 e. The second kappa shape index (κ2) is 4.68. The summed E-state index contributed by atoms with van der Waals surface area (Å²) in [4.78, 5) is 6.61. The van der Waals surface area contributed by atoms with Gasteiger partial charge in [-0.3, -0.25) is 0 Å². The van der Waals surface area contributed by atoms with Crippen LogP contribution in [-0.2, 0) is 0 Å². The number of anilines is 1. The summed E-state index contributed by atoms with van der Waals surface area (Å²) in [6, 6.07) is 2.42. The van der Waals surface area contributed by atoms with E-state index in [0.29, 0.717) is 11.1 Å². The van der Waals surface area contributed by atoms with Crippen molar-refractivity contribution in [2.45, 2.75) is 13.0 Å². The van der Waals surface area contributed by atoms with Crippen molar-refractivity contribution in [2.24, 2.45) is 0 Å². The van der Waals surface area contributed by atoms with Crippen molar-refractivity contribution < 1.29 is 0 Å². The topological polar surface area (TPSA) is 28.2 Å². The largest absolute Gasteiger partial charge is 0.350 e. The van der Waals surface area contributed by atoms with Gasteiger partial charge in [-0.05, 0) is 28.9 Å². The monoisotopic (exact) mass is 289 g/mol. The smallest absolute Gasteiger partial charge is 0.147 e. The molecule has 3 nitrogen and oxygen atoms in total. The van der Waals surface area contributed by atoms with Crippen LogP contribution in [0.4, 0.5) is 5.82 Å². The summed E-state index contributed by atoms with van der Waals surface area (Å²) < 4.78 is 0.916. The molecule has 0 saturated carbocycles. The van der Waals surface area contributed by atoms with E-state index in [1.54, 1.807) is 6.20 Å². The third-order valence-electron chi connectivity index (χ3n) is 2.60. The minimum absolute atomic E-state index is 0.529. The van der Waals surface area contributed by atoms with Crippen LogP contribution in [0.15, 0.2) is 16.7 Å². The normalized spacial score (nSPS) is 16.2. The minimum atomic E-state index is 0.529. The number of hydrogen-bond acceptors (Lipinski definition) is 3. The van der Waals surface area contributed by atoms with Gasteiger partial charge in [0.15, 0.2) is 0 Å². The van der Waals surface area contributed by atoms with Crippen molar-refractivity contribution in [1.82, 2.24) is 10.3 Å². The fourth-order valence-corrected chi connectivity index (χ4v) is 2.43. The van der Waals surface area contributed by atoms with E-state index in [4.69, 9.17) is 11.6 Å². The molecule has 0 aliphatic carbocycles. The Morgan fingerprint density at radius 3 is 2.87 bits per heavy atom. The van der Waals surface area contributed by atoms with Crippen LogP contribution in [0.2, 0.25) is 5.02 Å². The lowest BCUT2D eigenvalue weighted by Gasteiger charge is -2.38. The molecule has 0 spiro atoms. The Labute approximate surface area is 103 Å². The molecule has 1 fully saturated rings. The number of pyridine rings is 1. The van der Waals surface area contributed by atoms with Crippen LogP contribution in [0.25, 0.3) is 0 Å². The lowest BCUT2D eigenvalue weighted by Crippen LogP contribution is -2.57. The predicted molar refractivity (Wildman–Crippen MR) is 66.6 cm³/mol. The van der Waals surface area contributed by atoms with E-state index in [2.05, 4.69) is 38.1 Å². The zero-order valence-corrected chi connectivity index (χ0v) is 10.8. The number of likely N-dealkylation sites (N-methyl/N-ethyl adjacent to an activating group) is 1. The molecule has 2 rings (SSSR count). The van der Waals surface area contributed by atoms with Crippen LogP contribution in [-0.4, -0.2) is 30.7 Å². The van der Waals surface area contributed by atoms with Gasteiger partial charge in [0.1, 0.15) is 5.82 Å². The molecule has 2 heterocycles. The second-order valence-electron chi connectivity index (χ2n) is 3.56. The molecule has 0 radical (unpaired) electrons. The van der Waals surface area contributed by atoms with E-state index < -0.39 is 0 Å². The van der Waals surface area contributed by atoms with Crippen molar-refractivity contribution in [3.63, 3.8) is 0 Å². The second-order valence-corrected chi connectivity index (χ2v) is 4.88. The van der Waals surface area contributed by atoms with Crippen LogP contribution >= 0.6 is 27.5 Å². The summed E-state index contributed by atoms with van der Waals surface area (Å²) >= 11 is 9.53. The third-order valence-corrected chi connectivity index (χ3v) is 3.31. The first-order valence-corrected chi connectivity index (χ1v) is 6.18. The molecule has 1 aliphatic rings. The first-order chi connectivity index (χ1) is 7.22. The maximum Gasteiger partial charge on any atom is 0.147 e. The van der Waals surface area contributed by atoms with Crippen LogP contribution in [0.5, 0.6) is 0 Å². The Kier molecular flexibility index (Phi) is 3.49. The molecule has 0 unspecified atom stereocenters. The number of nitrogens with zero attached hydrogens (tertiary/aromatic N) is 2. The summed E-state index contributed by atoms with van der Waals surface area (Å²) in [7, 11) is 0. The van der Waals surface area contributed by atoms with Gasteiger partial charge in [-0.2, -0.15) is 0 Å². The van der Waals surface area contributed by atoms with Gasteiger partial charge in [0.05, 0.1) is 11.1 Å². The predicted octanol–water partition coefficient (Wildman–Crippen LogP) is 2.30. The molecule has 15 heavy (non-hydrogen) atoms. The fourth-order valence-electron chi connectivity index (χ4n) is 1.69. The van der Waals surface area contributed by atoms with E-state index in [-0.39, 0.29) is 0 Å². The Hall–Kier alpha value is -0.320. The first-order valence-electron chi connectivity index (χ1n) is 5.00. The van der Waals surface area contributed by atoms with Crippen LogP contribution in [0.1, 0.15) is 6.92 Å². The van der Waals surface area contributed by atoms with E-state index in [0.717, 1.165) is 29.9 Å². The summed E-state index contributed by atoms with van der Waals surface area (Å²) in [5, 5.41) is 3.96. The average Bonchev–Trinajstić information content (AvgIpc) is 2.12. The maximum atomic E-state index is 6.17. The highest BCUT2D eigenvalue weighted by molar-refractivity contribution is 9.10. The molecule has 1 aromatic heterocycles. The molecule has 82 valence electrons. The summed E-state index contributed by atoms with van der Waals surface area (Å²) in [5.74, 6) is 0.883. The lowest BCUT2D eigenvalue weighted by molar-refractivity contribution is 0.415. The zero-order chi connectivity index (χ0) is 10.8. The lowest BCUT2D eigenvalue weighted by atomic mass is 10.1. The summed E-state index contributed by atoms with van der Waals surface area (Å²) in [5.41, 5.74) is 0. The van der Waals surface area contributed by atoms with Crippen LogP contribution in [0, 0.1) is 0 Å². The molecule has 1 N–H and O–H groups in total. The maximum absolute atomic E-state index is 6.17. The summed E-state index contributed by atoms with van der Waals surface area (Å²) in [6.45, 7) is 5.09. The molecular formula is C10H13BrClN3. The van der Waals surface area contributed by atoms with Gasteiger partial charge in [-0.1, -0.05) is 11.6 Å². The Bertz CT molecular complexity index is 355. The molecule has 0 amide bonds. The van der Waals surface area contributed by atoms with Crippen molar-refractivity contribution in [1.29, 1.82) is 0 Å². The van der Waals surface area contributed by atoms with Crippen molar-refractivity contribution in [3.8, 4) is 0 Å². The third kappa shape index (κ3) is 2.27. The van der Waals surface area contributed by atoms with Gasteiger partial charge in [0, 0.05) is 30.3 Å². The van der Waals surface area contributed by atoms with Gasteiger partial charge in [0.2, 0.25) is 0 Å². The number of rotatable bonds is 3. The molecular weight excluding hydrogens is 277 g/mol. The molecule has 0 aromatic carbocycles. The molecule has 1 aromatic rings. The van der Waals surface area contributed by atoms with Crippen LogP contribution < -0.4 is 10.2 Å². The molecule has 1 aliphatic heterocycles. The van der Waals surface area contributed by atoms with E-state index >= 15 is 0 Å². The quantitative estimate of drug-likeness (QED) is 0.926. The average molecular weight is 291 g/mol. The van der Waals surface area contributed by atoms with E-state index in [1.807, 2.05) is 6.07 Å². The number of nitrogens with one attached hydrogen (secondary N) is 1. The Balaban J connectivity index is 2.25. The van der Waals surface area contributed by atoms with Gasteiger partial charge in [0.25, 0.3) is 0 Å². The van der Waals surface area contributed by atoms with Gasteiger partial charge < -0.3 is 10.2 Å². The Morgan fingerprint density at radius 2 is 2.40 bits per heavy atom. The summed E-state index contributed by atoms with van der Waals surface area (Å²) in [6.07, 6.45) is 1.79. The van der Waals surface area contributed by atoms with Gasteiger partial charge in [-0.25, -0.2) is 4.98 Å². The van der Waals surface area contributed by atoms with E-state index in [9.17, 15) is 0 Å². The van der Waals surface area contributed by atoms with Crippen molar-refractivity contribution in [3.05, 3.63) is 21.8 Å². The standard InChI is InChI=1S/C10H13BrClN3/c1-2-15(8-5-13-6-8)10-9(12)3-7(11)4-14-10/h3-4,8,13H,2,5-6H2,1H3. The highest BCUT2D eigenvalue weighted by Crippen LogP contribution is 2.28. The highest BCUT2D eigenvalue weighted by atomic mass is 79.9. The molecule has 0 bridgehead atoms. The van der Waals surface area contributed by atoms with Crippen molar-refractivity contribution in [2.75, 3.05) is 24.5 Å². The SMILES string of the molecule is CCN(c1ncc(Br)cc1Cl)C1CNC1. The Morgan fingerprint density at radius 1 is 1.67 bits per heavy atom. The van der Waals surface area contributed by atoms with Gasteiger partial charge >= 0.3 is 0 Å². The highest BCUT2D eigenvalue weighted by Gasteiger charge is 2.25. The fraction of sp³-hybridized carbons (Fsp3) is 0.500. The molecule has 5 heteroatoms.